The van der Waals surface area contributed by atoms with Gasteiger partial charge in [-0.2, -0.15) is 0 Å². The SMILES string of the molecule is Cc1ccc2cc(C(=O)N(CCO)C3CC3)c(C)nc2c1. The Hall–Kier alpha value is -1.94. The van der Waals surface area contributed by atoms with E-state index in [2.05, 4.69) is 4.98 Å². The highest BCUT2D eigenvalue weighted by Crippen LogP contribution is 2.29. The first kappa shape index (κ1) is 14.0. The van der Waals surface area contributed by atoms with E-state index in [0.29, 0.717) is 12.1 Å². The lowest BCUT2D eigenvalue weighted by atomic mass is 10.1. The molecule has 1 saturated carbocycles. The Morgan fingerprint density at radius 3 is 2.76 bits per heavy atom. The largest absolute Gasteiger partial charge is 0.395 e. The molecule has 21 heavy (non-hydrogen) atoms. The van der Waals surface area contributed by atoms with E-state index < -0.39 is 0 Å². The molecule has 0 spiro atoms. The zero-order valence-electron chi connectivity index (χ0n) is 12.5. The fraction of sp³-hybridized carbons (Fsp3) is 0.412. The molecular formula is C17H20N2O2. The lowest BCUT2D eigenvalue weighted by Gasteiger charge is -2.22. The lowest BCUT2D eigenvalue weighted by molar-refractivity contribution is 0.0706. The molecule has 110 valence electrons. The first-order valence-electron chi connectivity index (χ1n) is 7.40. The normalized spacial score (nSPS) is 14.4. The average Bonchev–Trinajstić information content (AvgIpc) is 3.27. The molecule has 1 aliphatic carbocycles. The van der Waals surface area contributed by atoms with Crippen molar-refractivity contribution in [1.29, 1.82) is 0 Å². The summed E-state index contributed by atoms with van der Waals surface area (Å²) in [5.41, 5.74) is 3.48. The highest BCUT2D eigenvalue weighted by atomic mass is 16.3. The number of fused-ring (bicyclic) bond motifs is 1. The number of pyridine rings is 1. The van der Waals surface area contributed by atoms with E-state index in [1.54, 1.807) is 4.90 Å². The number of nitrogens with zero attached hydrogens (tertiary/aromatic N) is 2. The third kappa shape index (κ3) is 2.76. The minimum atomic E-state index is -0.0148. The van der Waals surface area contributed by atoms with E-state index in [1.165, 1.54) is 0 Å². The van der Waals surface area contributed by atoms with E-state index in [4.69, 9.17) is 0 Å². The summed E-state index contributed by atoms with van der Waals surface area (Å²) in [6.45, 7) is 4.31. The molecule has 1 heterocycles. The van der Waals surface area contributed by atoms with Gasteiger partial charge in [0.25, 0.3) is 5.91 Å². The first-order chi connectivity index (χ1) is 10.1. The Morgan fingerprint density at radius 2 is 2.10 bits per heavy atom. The van der Waals surface area contributed by atoms with Crippen LogP contribution in [0.4, 0.5) is 0 Å². The minimum absolute atomic E-state index is 0.00148. The van der Waals surface area contributed by atoms with Gasteiger partial charge in [-0.15, -0.1) is 0 Å². The fourth-order valence-corrected chi connectivity index (χ4v) is 2.69. The van der Waals surface area contributed by atoms with Crippen molar-refractivity contribution in [2.24, 2.45) is 0 Å². The predicted octanol–water partition coefficient (Wildman–Crippen LogP) is 2.45. The van der Waals surface area contributed by atoms with Crippen LogP contribution in [-0.2, 0) is 0 Å². The molecule has 2 aromatic rings. The van der Waals surface area contributed by atoms with Gasteiger partial charge in [0, 0.05) is 18.0 Å². The van der Waals surface area contributed by atoms with Crippen LogP contribution in [0, 0.1) is 13.8 Å². The van der Waals surface area contributed by atoms with E-state index in [9.17, 15) is 9.90 Å². The number of amides is 1. The van der Waals surface area contributed by atoms with Crippen LogP contribution in [0.25, 0.3) is 10.9 Å². The molecule has 1 aliphatic rings. The van der Waals surface area contributed by atoms with Gasteiger partial charge in [-0.25, -0.2) is 0 Å². The van der Waals surface area contributed by atoms with Crippen LogP contribution in [0.1, 0.15) is 34.5 Å². The molecule has 1 aromatic heterocycles. The van der Waals surface area contributed by atoms with Gasteiger partial charge in [0.2, 0.25) is 0 Å². The Balaban J connectivity index is 2.00. The second-order valence-corrected chi connectivity index (χ2v) is 5.77. The standard InChI is InChI=1S/C17H20N2O2/c1-11-3-4-13-10-15(12(2)18-16(13)9-11)17(21)19(7-8-20)14-5-6-14/h3-4,9-10,14,20H,5-8H2,1-2H3. The molecule has 0 radical (unpaired) electrons. The summed E-state index contributed by atoms with van der Waals surface area (Å²) >= 11 is 0. The Labute approximate surface area is 124 Å². The summed E-state index contributed by atoms with van der Waals surface area (Å²) in [5.74, 6) is -0.0148. The molecule has 0 bridgehead atoms. The summed E-state index contributed by atoms with van der Waals surface area (Å²) in [6.07, 6.45) is 2.07. The van der Waals surface area contributed by atoms with E-state index in [-0.39, 0.29) is 18.6 Å². The molecule has 4 nitrogen and oxygen atoms in total. The number of aliphatic hydroxyl groups excluding tert-OH is 1. The maximum absolute atomic E-state index is 12.7. The van der Waals surface area contributed by atoms with Crippen molar-refractivity contribution < 1.29 is 9.90 Å². The molecule has 1 aromatic carbocycles. The predicted molar refractivity (Wildman–Crippen MR) is 82.4 cm³/mol. The van der Waals surface area contributed by atoms with E-state index in [1.807, 2.05) is 38.1 Å². The van der Waals surface area contributed by atoms with Crippen LogP contribution in [0.5, 0.6) is 0 Å². The van der Waals surface area contributed by atoms with Crippen LogP contribution in [0.15, 0.2) is 24.3 Å². The van der Waals surface area contributed by atoms with Crippen molar-refractivity contribution in [3.8, 4) is 0 Å². The van der Waals surface area contributed by atoms with Gasteiger partial charge in [0.1, 0.15) is 0 Å². The second-order valence-electron chi connectivity index (χ2n) is 5.77. The number of benzene rings is 1. The number of carbonyl (C=O) groups is 1. The van der Waals surface area contributed by atoms with Crippen molar-refractivity contribution in [3.63, 3.8) is 0 Å². The molecule has 0 aliphatic heterocycles. The quantitative estimate of drug-likeness (QED) is 0.938. The first-order valence-corrected chi connectivity index (χ1v) is 7.40. The van der Waals surface area contributed by atoms with Crippen molar-refractivity contribution in [2.75, 3.05) is 13.2 Å². The molecule has 1 fully saturated rings. The molecule has 4 heteroatoms. The van der Waals surface area contributed by atoms with Gasteiger partial charge in [-0.3, -0.25) is 9.78 Å². The van der Waals surface area contributed by atoms with Crippen molar-refractivity contribution in [2.45, 2.75) is 32.7 Å². The maximum Gasteiger partial charge on any atom is 0.256 e. The maximum atomic E-state index is 12.7. The fourth-order valence-electron chi connectivity index (χ4n) is 2.69. The number of carbonyl (C=O) groups excluding carboxylic acids is 1. The van der Waals surface area contributed by atoms with Crippen LogP contribution < -0.4 is 0 Å². The zero-order chi connectivity index (χ0) is 15.0. The van der Waals surface area contributed by atoms with E-state index >= 15 is 0 Å². The Morgan fingerprint density at radius 1 is 1.33 bits per heavy atom. The molecular weight excluding hydrogens is 264 g/mol. The molecule has 1 amide bonds. The summed E-state index contributed by atoms with van der Waals surface area (Å²) in [6, 6.07) is 8.27. The van der Waals surface area contributed by atoms with Gasteiger partial charge in [-0.05, 0) is 44.4 Å². The third-order valence-corrected chi connectivity index (χ3v) is 3.98. The van der Waals surface area contributed by atoms with Gasteiger partial charge in [0.05, 0.1) is 23.4 Å². The van der Waals surface area contributed by atoms with Gasteiger partial charge in [0.15, 0.2) is 0 Å². The number of hydrogen-bond donors (Lipinski definition) is 1. The third-order valence-electron chi connectivity index (χ3n) is 3.98. The smallest absolute Gasteiger partial charge is 0.256 e. The number of aryl methyl sites for hydroxylation is 2. The van der Waals surface area contributed by atoms with Crippen LogP contribution >= 0.6 is 0 Å². The minimum Gasteiger partial charge on any atom is -0.395 e. The molecule has 3 rings (SSSR count). The molecule has 1 N–H and O–H groups in total. The second kappa shape index (κ2) is 5.45. The number of rotatable bonds is 4. The summed E-state index contributed by atoms with van der Waals surface area (Å²) in [4.78, 5) is 19.1. The summed E-state index contributed by atoms with van der Waals surface area (Å²) in [7, 11) is 0. The van der Waals surface area contributed by atoms with E-state index in [0.717, 1.165) is 35.0 Å². The molecule has 0 saturated heterocycles. The Kier molecular flexibility index (Phi) is 3.64. The summed E-state index contributed by atoms with van der Waals surface area (Å²) < 4.78 is 0. The topological polar surface area (TPSA) is 53.4 Å². The summed E-state index contributed by atoms with van der Waals surface area (Å²) in [5, 5.41) is 10.2. The van der Waals surface area contributed by atoms with Crippen molar-refractivity contribution in [1.82, 2.24) is 9.88 Å². The highest BCUT2D eigenvalue weighted by Gasteiger charge is 2.33. The average molecular weight is 284 g/mol. The van der Waals surface area contributed by atoms with Crippen molar-refractivity contribution >= 4 is 16.8 Å². The van der Waals surface area contributed by atoms with Crippen LogP contribution in [-0.4, -0.2) is 40.1 Å². The molecule has 0 unspecified atom stereocenters. The van der Waals surface area contributed by atoms with Gasteiger partial charge >= 0.3 is 0 Å². The monoisotopic (exact) mass is 284 g/mol. The van der Waals surface area contributed by atoms with Crippen LogP contribution in [0.3, 0.4) is 0 Å². The van der Waals surface area contributed by atoms with Crippen LogP contribution in [0.2, 0.25) is 0 Å². The molecule has 0 atom stereocenters. The Bertz CT molecular complexity index is 692. The number of aliphatic hydroxyl groups is 1. The number of aromatic nitrogens is 1. The van der Waals surface area contributed by atoms with Gasteiger partial charge in [-0.1, -0.05) is 12.1 Å². The highest BCUT2D eigenvalue weighted by molar-refractivity contribution is 5.99. The zero-order valence-corrected chi connectivity index (χ0v) is 12.5. The number of hydrogen-bond acceptors (Lipinski definition) is 3. The van der Waals surface area contributed by atoms with Gasteiger partial charge < -0.3 is 10.0 Å². The van der Waals surface area contributed by atoms with Crippen molar-refractivity contribution in [3.05, 3.63) is 41.1 Å². The lowest BCUT2D eigenvalue weighted by Crippen LogP contribution is -2.36.